The maximum absolute atomic E-state index is 6.44. The number of hydrogen-bond acceptors (Lipinski definition) is 3. The Morgan fingerprint density at radius 1 is 1.65 bits per heavy atom. The standard InChI is InChI=1S/C12H20BrN3O/c1-4-9-11(13)10(16(3)15-9)7-12(14)5-6-17-8(12)2/h8H,4-7,14H2,1-3H3. The number of ether oxygens (including phenoxy) is 1. The van der Waals surface area contributed by atoms with Gasteiger partial charge in [-0.1, -0.05) is 6.92 Å². The second kappa shape index (κ2) is 4.71. The van der Waals surface area contributed by atoms with E-state index in [-0.39, 0.29) is 11.6 Å². The van der Waals surface area contributed by atoms with E-state index < -0.39 is 0 Å². The Bertz CT molecular complexity index is 418. The summed E-state index contributed by atoms with van der Waals surface area (Å²) < 4.78 is 8.62. The fourth-order valence-electron chi connectivity index (χ4n) is 2.35. The van der Waals surface area contributed by atoms with Crippen LogP contribution in [0.5, 0.6) is 0 Å². The summed E-state index contributed by atoms with van der Waals surface area (Å²) in [5.74, 6) is 0. The van der Waals surface area contributed by atoms with Crippen LogP contribution in [-0.2, 0) is 24.6 Å². The largest absolute Gasteiger partial charge is 0.377 e. The Balaban J connectivity index is 2.27. The molecule has 0 radical (unpaired) electrons. The highest BCUT2D eigenvalue weighted by Crippen LogP contribution is 2.31. The molecular weight excluding hydrogens is 282 g/mol. The van der Waals surface area contributed by atoms with Crippen molar-refractivity contribution in [1.82, 2.24) is 9.78 Å². The second-order valence-corrected chi connectivity index (χ2v) is 5.65. The molecule has 96 valence electrons. The van der Waals surface area contributed by atoms with Gasteiger partial charge >= 0.3 is 0 Å². The van der Waals surface area contributed by atoms with Gasteiger partial charge in [-0.25, -0.2) is 0 Å². The van der Waals surface area contributed by atoms with Gasteiger partial charge in [0.25, 0.3) is 0 Å². The molecule has 0 aliphatic carbocycles. The highest BCUT2D eigenvalue weighted by Gasteiger charge is 2.39. The molecule has 1 aliphatic rings. The van der Waals surface area contributed by atoms with E-state index in [1.165, 1.54) is 5.69 Å². The Kier molecular flexibility index (Phi) is 3.61. The zero-order chi connectivity index (χ0) is 12.6. The molecule has 1 aromatic heterocycles. The summed E-state index contributed by atoms with van der Waals surface area (Å²) in [6, 6.07) is 0. The molecule has 1 fully saturated rings. The topological polar surface area (TPSA) is 53.1 Å². The van der Waals surface area contributed by atoms with Crippen molar-refractivity contribution in [2.45, 2.75) is 44.8 Å². The molecule has 0 amide bonds. The van der Waals surface area contributed by atoms with Crippen molar-refractivity contribution < 1.29 is 4.74 Å². The monoisotopic (exact) mass is 301 g/mol. The number of hydrogen-bond donors (Lipinski definition) is 1. The Morgan fingerprint density at radius 2 is 2.35 bits per heavy atom. The highest BCUT2D eigenvalue weighted by atomic mass is 79.9. The first-order chi connectivity index (χ1) is 7.98. The van der Waals surface area contributed by atoms with Gasteiger partial charge in [0, 0.05) is 25.6 Å². The first-order valence-corrected chi connectivity index (χ1v) is 6.88. The van der Waals surface area contributed by atoms with Crippen LogP contribution in [0, 0.1) is 0 Å². The lowest BCUT2D eigenvalue weighted by Gasteiger charge is -2.27. The molecule has 1 aliphatic heterocycles. The first-order valence-electron chi connectivity index (χ1n) is 6.08. The summed E-state index contributed by atoms with van der Waals surface area (Å²) in [5.41, 5.74) is 8.44. The zero-order valence-corrected chi connectivity index (χ0v) is 12.2. The minimum absolute atomic E-state index is 0.106. The van der Waals surface area contributed by atoms with Gasteiger partial charge in [-0.2, -0.15) is 5.10 Å². The van der Waals surface area contributed by atoms with Gasteiger partial charge in [0.15, 0.2) is 0 Å². The average Bonchev–Trinajstić information content (AvgIpc) is 2.74. The molecule has 2 N–H and O–H groups in total. The van der Waals surface area contributed by atoms with Crippen LogP contribution < -0.4 is 5.73 Å². The van der Waals surface area contributed by atoms with Crippen molar-refractivity contribution in [3.05, 3.63) is 15.9 Å². The Labute approximate surface area is 111 Å². The number of rotatable bonds is 3. The maximum atomic E-state index is 6.44. The molecule has 17 heavy (non-hydrogen) atoms. The Hall–Kier alpha value is -0.390. The van der Waals surface area contributed by atoms with Crippen LogP contribution in [-0.4, -0.2) is 28.0 Å². The summed E-state index contributed by atoms with van der Waals surface area (Å²) in [5, 5.41) is 4.50. The summed E-state index contributed by atoms with van der Waals surface area (Å²) >= 11 is 3.63. The second-order valence-electron chi connectivity index (χ2n) is 4.86. The van der Waals surface area contributed by atoms with Gasteiger partial charge in [0.2, 0.25) is 0 Å². The normalized spacial score (nSPS) is 28.9. The molecule has 5 heteroatoms. The number of aromatic nitrogens is 2. The lowest BCUT2D eigenvalue weighted by atomic mass is 9.88. The molecular formula is C12H20BrN3O. The maximum Gasteiger partial charge on any atom is 0.0766 e. The van der Waals surface area contributed by atoms with Gasteiger partial charge in [-0.05, 0) is 35.7 Å². The third-order valence-electron chi connectivity index (χ3n) is 3.74. The summed E-state index contributed by atoms with van der Waals surface area (Å²) in [6.45, 7) is 4.92. The lowest BCUT2D eigenvalue weighted by Crippen LogP contribution is -2.48. The van der Waals surface area contributed by atoms with E-state index >= 15 is 0 Å². The lowest BCUT2D eigenvalue weighted by molar-refractivity contribution is 0.0949. The van der Waals surface area contributed by atoms with Crippen molar-refractivity contribution in [1.29, 1.82) is 0 Å². The average molecular weight is 302 g/mol. The van der Waals surface area contributed by atoms with Crippen molar-refractivity contribution in [3.63, 3.8) is 0 Å². The molecule has 1 saturated heterocycles. The van der Waals surface area contributed by atoms with Crippen LogP contribution in [0.15, 0.2) is 4.47 Å². The number of halogens is 1. The zero-order valence-electron chi connectivity index (χ0n) is 10.7. The predicted molar refractivity (Wildman–Crippen MR) is 70.9 cm³/mol. The first kappa shape index (κ1) is 13.1. The van der Waals surface area contributed by atoms with Gasteiger partial charge < -0.3 is 10.5 Å². The van der Waals surface area contributed by atoms with E-state index in [1.807, 2.05) is 11.7 Å². The summed E-state index contributed by atoms with van der Waals surface area (Å²) in [7, 11) is 1.98. The molecule has 0 saturated carbocycles. The van der Waals surface area contributed by atoms with E-state index in [2.05, 4.69) is 34.9 Å². The predicted octanol–water partition coefficient (Wildman–Crippen LogP) is 1.79. The third-order valence-corrected chi connectivity index (χ3v) is 4.66. The van der Waals surface area contributed by atoms with Gasteiger partial charge in [-0.15, -0.1) is 0 Å². The fraction of sp³-hybridized carbons (Fsp3) is 0.750. The van der Waals surface area contributed by atoms with Crippen LogP contribution in [0.1, 0.15) is 31.7 Å². The smallest absolute Gasteiger partial charge is 0.0766 e. The minimum atomic E-state index is -0.263. The van der Waals surface area contributed by atoms with Crippen LogP contribution in [0.3, 0.4) is 0 Å². The molecule has 2 unspecified atom stereocenters. The molecule has 0 bridgehead atoms. The van der Waals surface area contributed by atoms with Crippen LogP contribution in [0.4, 0.5) is 0 Å². The van der Waals surface area contributed by atoms with Crippen molar-refractivity contribution in [2.75, 3.05) is 6.61 Å². The SMILES string of the molecule is CCc1nn(C)c(CC2(N)CCOC2C)c1Br. The molecule has 1 aromatic rings. The van der Waals surface area contributed by atoms with Crippen molar-refractivity contribution >= 4 is 15.9 Å². The van der Waals surface area contributed by atoms with E-state index in [9.17, 15) is 0 Å². The molecule has 4 nitrogen and oxygen atoms in total. The molecule has 2 rings (SSSR count). The molecule has 2 heterocycles. The number of nitrogens with two attached hydrogens (primary N) is 1. The van der Waals surface area contributed by atoms with Crippen molar-refractivity contribution in [2.24, 2.45) is 12.8 Å². The number of aryl methyl sites for hydroxylation is 2. The van der Waals surface area contributed by atoms with Crippen LogP contribution in [0.25, 0.3) is 0 Å². The van der Waals surface area contributed by atoms with Gasteiger partial charge in [0.05, 0.1) is 22.0 Å². The summed E-state index contributed by atoms with van der Waals surface area (Å²) in [6.07, 6.45) is 2.75. The number of nitrogens with zero attached hydrogens (tertiary/aromatic N) is 2. The van der Waals surface area contributed by atoms with Gasteiger partial charge in [-0.3, -0.25) is 4.68 Å². The van der Waals surface area contributed by atoms with Crippen molar-refractivity contribution in [3.8, 4) is 0 Å². The Morgan fingerprint density at radius 3 is 2.82 bits per heavy atom. The van der Waals surface area contributed by atoms with Crippen LogP contribution in [0.2, 0.25) is 0 Å². The van der Waals surface area contributed by atoms with E-state index in [1.54, 1.807) is 0 Å². The van der Waals surface area contributed by atoms with Crippen LogP contribution >= 0.6 is 15.9 Å². The van der Waals surface area contributed by atoms with E-state index in [4.69, 9.17) is 10.5 Å². The fourth-order valence-corrected chi connectivity index (χ4v) is 3.11. The minimum Gasteiger partial charge on any atom is -0.377 e. The third kappa shape index (κ3) is 2.28. The molecule has 2 atom stereocenters. The molecule has 0 spiro atoms. The molecule has 0 aromatic carbocycles. The quantitative estimate of drug-likeness (QED) is 0.926. The van der Waals surface area contributed by atoms with E-state index in [0.717, 1.165) is 36.0 Å². The van der Waals surface area contributed by atoms with E-state index in [0.29, 0.717) is 0 Å². The highest BCUT2D eigenvalue weighted by molar-refractivity contribution is 9.10. The summed E-state index contributed by atoms with van der Waals surface area (Å²) in [4.78, 5) is 0. The van der Waals surface area contributed by atoms with Gasteiger partial charge in [0.1, 0.15) is 0 Å².